The van der Waals surface area contributed by atoms with Gasteiger partial charge in [-0.3, -0.25) is 34.2 Å². The van der Waals surface area contributed by atoms with Gasteiger partial charge in [0.05, 0.1) is 104 Å². The summed E-state index contributed by atoms with van der Waals surface area (Å²) >= 11 is 0. The summed E-state index contributed by atoms with van der Waals surface area (Å²) in [5.41, 5.74) is 5.36. The van der Waals surface area contributed by atoms with Crippen LogP contribution in [0, 0.1) is 0 Å². The Balaban J connectivity index is 1.13. The van der Waals surface area contributed by atoms with E-state index in [4.69, 9.17) is 43.6 Å². The maximum absolute atomic E-state index is 13.1. The second-order valence-electron chi connectivity index (χ2n) is 10.3. The molecule has 268 valence electrons. The third-order valence-corrected chi connectivity index (χ3v) is 6.85. The van der Waals surface area contributed by atoms with E-state index in [9.17, 15) is 24.0 Å². The number of rotatable bonds is 27. The summed E-state index contributed by atoms with van der Waals surface area (Å²) in [6.45, 7) is 6.48. The monoisotopic (exact) mass is 682 g/mol. The zero-order chi connectivity index (χ0) is 34.4. The van der Waals surface area contributed by atoms with Crippen LogP contribution < -0.4 is 21.1 Å². The Bertz CT molecular complexity index is 1190. The summed E-state index contributed by atoms with van der Waals surface area (Å²) in [5, 5.41) is 4.79. The van der Waals surface area contributed by atoms with Crippen LogP contribution in [0.25, 0.3) is 0 Å². The Kier molecular flexibility index (Phi) is 18.6. The minimum absolute atomic E-state index is 0.0137. The third-order valence-electron chi connectivity index (χ3n) is 6.85. The van der Waals surface area contributed by atoms with Gasteiger partial charge in [0.1, 0.15) is 11.8 Å². The van der Waals surface area contributed by atoms with Gasteiger partial charge in [0.2, 0.25) is 11.8 Å². The van der Waals surface area contributed by atoms with Gasteiger partial charge in [-0.1, -0.05) is 6.07 Å². The van der Waals surface area contributed by atoms with Crippen molar-refractivity contribution in [2.45, 2.75) is 18.9 Å². The maximum atomic E-state index is 13.1. The number of hydrogen-bond donors (Lipinski definition) is 3. The lowest BCUT2D eigenvalue weighted by Crippen LogP contribution is -2.54. The van der Waals surface area contributed by atoms with E-state index in [-0.39, 0.29) is 42.9 Å². The first-order valence-corrected chi connectivity index (χ1v) is 15.9. The highest BCUT2D eigenvalue weighted by molar-refractivity contribution is 6.24. The van der Waals surface area contributed by atoms with Gasteiger partial charge in [-0.05, 0) is 18.6 Å². The van der Waals surface area contributed by atoms with Gasteiger partial charge in [0.25, 0.3) is 17.7 Å². The topological polar surface area (TPSA) is 213 Å². The molecule has 3 rings (SSSR count). The number of imide groups is 2. The van der Waals surface area contributed by atoms with Crippen LogP contribution in [0.2, 0.25) is 0 Å². The maximum Gasteiger partial charge on any atom is 0.266 e. The van der Waals surface area contributed by atoms with Crippen molar-refractivity contribution in [1.82, 2.24) is 15.5 Å². The molecule has 0 radical (unpaired) electrons. The fraction of sp³-hybridized carbons (Fsp3) is 0.645. The Morgan fingerprint density at radius 1 is 0.750 bits per heavy atom. The van der Waals surface area contributed by atoms with Crippen molar-refractivity contribution in [3.63, 3.8) is 0 Å². The van der Waals surface area contributed by atoms with Crippen LogP contribution in [0.5, 0.6) is 5.75 Å². The first-order valence-electron chi connectivity index (χ1n) is 15.9. The normalized spacial score (nSPS) is 15.9. The molecule has 0 saturated carbocycles. The second kappa shape index (κ2) is 22.9. The van der Waals surface area contributed by atoms with E-state index < -0.39 is 42.2 Å². The summed E-state index contributed by atoms with van der Waals surface area (Å²) in [5.74, 6) is -2.94. The smallest absolute Gasteiger partial charge is 0.266 e. The van der Waals surface area contributed by atoms with E-state index in [0.29, 0.717) is 92.4 Å². The molecule has 17 nitrogen and oxygen atoms in total. The molecule has 17 heteroatoms. The molecule has 2 heterocycles. The number of carbonyl (C=O) groups is 5. The first kappa shape index (κ1) is 38.9. The van der Waals surface area contributed by atoms with Crippen LogP contribution in [0.4, 0.5) is 0 Å². The van der Waals surface area contributed by atoms with E-state index in [2.05, 4.69) is 10.6 Å². The average molecular weight is 683 g/mol. The highest BCUT2D eigenvalue weighted by Gasteiger charge is 2.46. The first-order chi connectivity index (χ1) is 23.4. The minimum Gasteiger partial charge on any atom is -0.483 e. The van der Waals surface area contributed by atoms with Crippen LogP contribution in [0.15, 0.2) is 18.2 Å². The van der Waals surface area contributed by atoms with Gasteiger partial charge in [-0.15, -0.1) is 0 Å². The number of piperidine rings is 1. The van der Waals surface area contributed by atoms with Crippen molar-refractivity contribution in [3.05, 3.63) is 29.3 Å². The molecule has 1 atom stereocenters. The summed E-state index contributed by atoms with van der Waals surface area (Å²) in [6.07, 6.45) is 0.0525. The fourth-order valence-corrected chi connectivity index (χ4v) is 4.57. The van der Waals surface area contributed by atoms with Crippen molar-refractivity contribution in [2.75, 3.05) is 112 Å². The zero-order valence-corrected chi connectivity index (χ0v) is 27.1. The van der Waals surface area contributed by atoms with Crippen molar-refractivity contribution in [1.29, 1.82) is 0 Å². The van der Waals surface area contributed by atoms with Gasteiger partial charge < -0.3 is 48.9 Å². The quantitative estimate of drug-likeness (QED) is 0.0724. The standard InChI is InChI=1S/C31H46N4O13/c32-6-8-41-10-12-43-14-16-45-18-20-47-21-19-46-17-15-44-13-11-42-9-7-33-27(37)22-48-25-3-1-2-23-28(25)31(40)35(30(23)39)24-4-5-26(36)34-29(24)38/h1-3,24H,4-22,32H2,(H,33,37)(H,34,36,38). The van der Waals surface area contributed by atoms with Gasteiger partial charge in [0, 0.05) is 19.5 Å². The molecule has 1 unspecified atom stereocenters. The van der Waals surface area contributed by atoms with Gasteiger partial charge in [0.15, 0.2) is 6.61 Å². The number of fused-ring (bicyclic) bond motifs is 1. The Hall–Kier alpha value is -3.55. The predicted octanol–water partition coefficient (Wildman–Crippen LogP) is -1.34. The van der Waals surface area contributed by atoms with Crippen molar-refractivity contribution in [3.8, 4) is 5.75 Å². The molecule has 5 amide bonds. The lowest BCUT2D eigenvalue weighted by atomic mass is 10.0. The molecule has 1 aromatic rings. The van der Waals surface area contributed by atoms with Crippen LogP contribution in [-0.4, -0.2) is 153 Å². The predicted molar refractivity (Wildman–Crippen MR) is 166 cm³/mol. The Morgan fingerprint density at radius 2 is 1.27 bits per heavy atom. The highest BCUT2D eigenvalue weighted by atomic mass is 16.6. The fourth-order valence-electron chi connectivity index (χ4n) is 4.57. The largest absolute Gasteiger partial charge is 0.483 e. The lowest BCUT2D eigenvalue weighted by Gasteiger charge is -2.27. The molecule has 0 aromatic heterocycles. The number of amides is 5. The van der Waals surface area contributed by atoms with E-state index in [1.807, 2.05) is 0 Å². The molecule has 0 spiro atoms. The number of nitrogens with zero attached hydrogens (tertiary/aromatic N) is 1. The number of carbonyl (C=O) groups excluding carboxylic acids is 5. The van der Waals surface area contributed by atoms with Crippen LogP contribution >= 0.6 is 0 Å². The van der Waals surface area contributed by atoms with E-state index >= 15 is 0 Å². The van der Waals surface area contributed by atoms with Gasteiger partial charge in [-0.2, -0.15) is 0 Å². The SMILES string of the molecule is NCCOCCOCCOCCOCCOCCOCCOCCNC(=O)COc1cccc2c1C(=O)N(C1CCC(=O)NC1=O)C2=O. The molecule has 1 fully saturated rings. The van der Waals surface area contributed by atoms with Gasteiger partial charge in [-0.25, -0.2) is 0 Å². The molecule has 2 aliphatic heterocycles. The Morgan fingerprint density at radius 3 is 1.79 bits per heavy atom. The van der Waals surface area contributed by atoms with Crippen molar-refractivity contribution < 1.29 is 61.9 Å². The molecule has 48 heavy (non-hydrogen) atoms. The number of hydrogen-bond acceptors (Lipinski definition) is 14. The molecule has 1 saturated heterocycles. The highest BCUT2D eigenvalue weighted by Crippen LogP contribution is 2.33. The van der Waals surface area contributed by atoms with E-state index in [1.54, 1.807) is 0 Å². The lowest BCUT2D eigenvalue weighted by molar-refractivity contribution is -0.136. The molecular weight excluding hydrogens is 636 g/mol. The number of nitrogens with one attached hydrogen (secondary N) is 2. The van der Waals surface area contributed by atoms with Crippen molar-refractivity contribution in [2.24, 2.45) is 5.73 Å². The van der Waals surface area contributed by atoms with E-state index in [0.717, 1.165) is 4.90 Å². The van der Waals surface area contributed by atoms with Crippen LogP contribution in [0.1, 0.15) is 33.6 Å². The summed E-state index contributed by atoms with van der Waals surface area (Å²) in [4.78, 5) is 62.8. The number of nitrogens with two attached hydrogens (primary N) is 1. The van der Waals surface area contributed by atoms with E-state index in [1.165, 1.54) is 18.2 Å². The number of ether oxygens (including phenoxy) is 8. The average Bonchev–Trinajstić information content (AvgIpc) is 3.33. The molecule has 0 bridgehead atoms. The summed E-state index contributed by atoms with van der Waals surface area (Å²) < 4.78 is 43.2. The van der Waals surface area contributed by atoms with Gasteiger partial charge >= 0.3 is 0 Å². The molecule has 1 aromatic carbocycles. The number of benzene rings is 1. The molecule has 4 N–H and O–H groups in total. The zero-order valence-electron chi connectivity index (χ0n) is 27.1. The van der Waals surface area contributed by atoms with Crippen molar-refractivity contribution >= 4 is 29.5 Å². The summed E-state index contributed by atoms with van der Waals surface area (Å²) in [7, 11) is 0. The molecule has 2 aliphatic rings. The molecule has 0 aliphatic carbocycles. The second-order valence-corrected chi connectivity index (χ2v) is 10.3. The van der Waals surface area contributed by atoms with Crippen LogP contribution in [-0.2, 0) is 47.5 Å². The summed E-state index contributed by atoms with van der Waals surface area (Å²) in [6, 6.07) is 3.34. The molecular formula is C31H46N4O13. The van der Waals surface area contributed by atoms with Crippen LogP contribution in [0.3, 0.4) is 0 Å². The third kappa shape index (κ3) is 13.5. The Labute approximate surface area is 278 Å². The minimum atomic E-state index is -1.09.